The molecule has 1 saturated carbocycles. The Hall–Kier alpha value is -0.0800. The lowest BCUT2D eigenvalue weighted by Crippen LogP contribution is -2.21. The predicted molar refractivity (Wildman–Crippen MR) is 71.9 cm³/mol. The molecule has 0 unspecified atom stereocenters. The van der Waals surface area contributed by atoms with Gasteiger partial charge in [0.25, 0.3) is 0 Å². The Labute approximate surface area is 102 Å². The summed E-state index contributed by atoms with van der Waals surface area (Å²) in [5, 5.41) is 3.57. The summed E-state index contributed by atoms with van der Waals surface area (Å²) in [5.74, 6) is 0. The van der Waals surface area contributed by atoms with Crippen molar-refractivity contribution in [3.05, 3.63) is 0 Å². The van der Waals surface area contributed by atoms with Gasteiger partial charge in [-0.05, 0) is 58.8 Å². The van der Waals surface area contributed by atoms with Gasteiger partial charge in [0.1, 0.15) is 0 Å². The van der Waals surface area contributed by atoms with Gasteiger partial charge in [-0.1, -0.05) is 26.2 Å². The van der Waals surface area contributed by atoms with Crippen LogP contribution in [0.5, 0.6) is 0 Å². The smallest absolute Gasteiger partial charge is 0.00682 e. The number of hydrogen-bond acceptors (Lipinski definition) is 2. The zero-order valence-electron chi connectivity index (χ0n) is 11.3. The van der Waals surface area contributed by atoms with Crippen LogP contribution in [0.2, 0.25) is 0 Å². The van der Waals surface area contributed by atoms with Crippen molar-refractivity contribution in [2.45, 2.75) is 64.3 Å². The minimum absolute atomic E-state index is 0.886. The van der Waals surface area contributed by atoms with Crippen molar-refractivity contribution in [3.63, 3.8) is 0 Å². The first kappa shape index (κ1) is 14.0. The maximum Gasteiger partial charge on any atom is 0.00682 e. The van der Waals surface area contributed by atoms with E-state index in [2.05, 4.69) is 24.2 Å². The number of nitrogens with zero attached hydrogens (tertiary/aromatic N) is 1. The Morgan fingerprint density at radius 3 is 2.31 bits per heavy atom. The Morgan fingerprint density at radius 2 is 1.69 bits per heavy atom. The van der Waals surface area contributed by atoms with E-state index in [4.69, 9.17) is 0 Å². The zero-order chi connectivity index (χ0) is 11.6. The van der Waals surface area contributed by atoms with Gasteiger partial charge in [-0.3, -0.25) is 0 Å². The van der Waals surface area contributed by atoms with Gasteiger partial charge in [-0.2, -0.15) is 0 Å². The molecule has 0 aliphatic heterocycles. The quantitative estimate of drug-likeness (QED) is 0.545. The minimum atomic E-state index is 0.886. The van der Waals surface area contributed by atoms with Gasteiger partial charge < -0.3 is 10.2 Å². The Kier molecular flexibility index (Phi) is 7.87. The summed E-state index contributed by atoms with van der Waals surface area (Å²) in [7, 11) is 2.26. The van der Waals surface area contributed by atoms with E-state index < -0.39 is 0 Å². The molecule has 96 valence electrons. The molecule has 0 amide bonds. The summed E-state index contributed by atoms with van der Waals surface area (Å²) >= 11 is 0. The maximum absolute atomic E-state index is 3.57. The lowest BCUT2D eigenvalue weighted by atomic mass is 10.2. The van der Waals surface area contributed by atoms with Crippen LogP contribution in [-0.4, -0.2) is 37.6 Å². The van der Waals surface area contributed by atoms with E-state index in [1.165, 1.54) is 71.0 Å². The molecule has 0 saturated heterocycles. The summed E-state index contributed by atoms with van der Waals surface area (Å²) in [6, 6.07) is 0.886. The van der Waals surface area contributed by atoms with E-state index in [-0.39, 0.29) is 0 Å². The number of nitrogens with one attached hydrogen (secondary N) is 1. The highest BCUT2D eigenvalue weighted by Crippen LogP contribution is 2.18. The molecule has 0 aromatic heterocycles. The highest BCUT2D eigenvalue weighted by Gasteiger charge is 2.19. The van der Waals surface area contributed by atoms with Crippen molar-refractivity contribution in [2.75, 3.05) is 26.7 Å². The van der Waals surface area contributed by atoms with Crippen LogP contribution in [-0.2, 0) is 0 Å². The largest absolute Gasteiger partial charge is 0.314 e. The fraction of sp³-hybridized carbons (Fsp3) is 1.00. The number of rotatable bonds is 11. The van der Waals surface area contributed by atoms with Crippen LogP contribution in [0.25, 0.3) is 0 Å². The fourth-order valence-corrected chi connectivity index (χ4v) is 2.02. The second-order valence-corrected chi connectivity index (χ2v) is 5.30. The third-order valence-corrected chi connectivity index (χ3v) is 3.37. The molecule has 16 heavy (non-hydrogen) atoms. The summed E-state index contributed by atoms with van der Waals surface area (Å²) in [4.78, 5) is 2.49. The van der Waals surface area contributed by atoms with Gasteiger partial charge in [0.2, 0.25) is 0 Å². The van der Waals surface area contributed by atoms with Crippen molar-refractivity contribution in [2.24, 2.45) is 0 Å². The molecule has 2 heteroatoms. The van der Waals surface area contributed by atoms with E-state index in [0.29, 0.717) is 0 Å². The van der Waals surface area contributed by atoms with E-state index in [9.17, 15) is 0 Å². The summed E-state index contributed by atoms with van der Waals surface area (Å²) in [6.45, 7) is 6.08. The van der Waals surface area contributed by atoms with Crippen molar-refractivity contribution in [1.29, 1.82) is 0 Å². The Bertz CT molecular complexity index is 155. The van der Waals surface area contributed by atoms with Crippen LogP contribution in [0.15, 0.2) is 0 Å². The van der Waals surface area contributed by atoms with Crippen LogP contribution in [0.4, 0.5) is 0 Å². The average Bonchev–Trinajstić information content (AvgIpc) is 3.07. The Balaban J connectivity index is 1.74. The topological polar surface area (TPSA) is 15.3 Å². The molecule has 1 N–H and O–H groups in total. The third-order valence-electron chi connectivity index (χ3n) is 3.37. The number of unbranched alkanes of at least 4 members (excludes halogenated alkanes) is 4. The molecule has 0 aromatic rings. The van der Waals surface area contributed by atoms with E-state index in [1.54, 1.807) is 0 Å². The highest BCUT2D eigenvalue weighted by molar-refractivity contribution is 4.80. The van der Waals surface area contributed by atoms with E-state index in [1.807, 2.05) is 0 Å². The number of hydrogen-bond donors (Lipinski definition) is 1. The molecule has 0 radical (unpaired) electrons. The molecule has 0 atom stereocenters. The minimum Gasteiger partial charge on any atom is -0.314 e. The van der Waals surface area contributed by atoms with Gasteiger partial charge in [0, 0.05) is 6.04 Å². The van der Waals surface area contributed by atoms with Crippen LogP contribution in [0, 0.1) is 0 Å². The monoisotopic (exact) mass is 226 g/mol. The highest BCUT2D eigenvalue weighted by atomic mass is 15.1. The standard InChI is InChI=1S/C14H30N2/c1-3-4-7-12-16(2)13-8-5-6-11-15-14-9-10-14/h14-15H,3-13H2,1-2H3. The van der Waals surface area contributed by atoms with Crippen molar-refractivity contribution in [3.8, 4) is 0 Å². The molecular weight excluding hydrogens is 196 g/mol. The predicted octanol–water partition coefficient (Wildman–Crippen LogP) is 3.03. The van der Waals surface area contributed by atoms with Crippen molar-refractivity contribution < 1.29 is 0 Å². The molecular formula is C14H30N2. The lowest BCUT2D eigenvalue weighted by molar-refractivity contribution is 0.316. The normalized spacial score (nSPS) is 15.9. The third kappa shape index (κ3) is 8.12. The van der Waals surface area contributed by atoms with Crippen LogP contribution in [0.3, 0.4) is 0 Å². The van der Waals surface area contributed by atoms with Crippen LogP contribution >= 0.6 is 0 Å². The molecule has 1 aliphatic carbocycles. The SMILES string of the molecule is CCCCCN(C)CCCCCNC1CC1. The molecule has 0 aromatic carbocycles. The van der Waals surface area contributed by atoms with Gasteiger partial charge in [0.05, 0.1) is 0 Å². The second-order valence-electron chi connectivity index (χ2n) is 5.30. The van der Waals surface area contributed by atoms with Crippen molar-refractivity contribution >= 4 is 0 Å². The average molecular weight is 226 g/mol. The van der Waals surface area contributed by atoms with E-state index in [0.717, 1.165) is 6.04 Å². The molecule has 0 spiro atoms. The fourth-order valence-electron chi connectivity index (χ4n) is 2.02. The summed E-state index contributed by atoms with van der Waals surface area (Å²) in [6.07, 6.45) is 11.0. The molecule has 0 heterocycles. The van der Waals surface area contributed by atoms with Crippen LogP contribution < -0.4 is 5.32 Å². The van der Waals surface area contributed by atoms with Crippen LogP contribution in [0.1, 0.15) is 58.3 Å². The zero-order valence-corrected chi connectivity index (χ0v) is 11.3. The molecule has 1 aliphatic rings. The second kappa shape index (κ2) is 9.00. The van der Waals surface area contributed by atoms with Gasteiger partial charge in [0.15, 0.2) is 0 Å². The Morgan fingerprint density at radius 1 is 1.00 bits per heavy atom. The van der Waals surface area contributed by atoms with Gasteiger partial charge in [-0.15, -0.1) is 0 Å². The van der Waals surface area contributed by atoms with Gasteiger partial charge in [-0.25, -0.2) is 0 Å². The summed E-state index contributed by atoms with van der Waals surface area (Å²) < 4.78 is 0. The van der Waals surface area contributed by atoms with Crippen molar-refractivity contribution in [1.82, 2.24) is 10.2 Å². The molecule has 0 bridgehead atoms. The summed E-state index contributed by atoms with van der Waals surface area (Å²) in [5.41, 5.74) is 0. The van der Waals surface area contributed by atoms with Gasteiger partial charge >= 0.3 is 0 Å². The lowest BCUT2D eigenvalue weighted by Gasteiger charge is -2.16. The first-order chi connectivity index (χ1) is 7.83. The maximum atomic E-state index is 3.57. The first-order valence-corrected chi connectivity index (χ1v) is 7.25. The van der Waals surface area contributed by atoms with E-state index >= 15 is 0 Å². The molecule has 1 rings (SSSR count). The first-order valence-electron chi connectivity index (χ1n) is 7.25. The molecule has 2 nitrogen and oxygen atoms in total. The molecule has 1 fully saturated rings.